The van der Waals surface area contributed by atoms with Crippen LogP contribution in [-0.4, -0.2) is 6.10 Å². The third-order valence-corrected chi connectivity index (χ3v) is 5.18. The number of allylic oxidation sites excluding steroid dienone is 2. The molecule has 2 saturated carbocycles. The number of rotatable bonds is 2. The molecule has 94 valence electrons. The minimum Gasteiger partial charge on any atom is -0.490 e. The minimum absolute atomic E-state index is 0.455. The van der Waals surface area contributed by atoms with Crippen LogP contribution >= 0.6 is 0 Å². The first-order chi connectivity index (χ1) is 8.81. The van der Waals surface area contributed by atoms with Crippen LogP contribution in [0.5, 0.6) is 5.75 Å². The zero-order chi connectivity index (χ0) is 12.1. The zero-order valence-electron chi connectivity index (χ0n) is 10.9. The van der Waals surface area contributed by atoms with Crippen molar-refractivity contribution in [3.05, 3.63) is 42.0 Å². The molecule has 1 aromatic carbocycles. The first-order valence-corrected chi connectivity index (χ1v) is 7.23. The van der Waals surface area contributed by atoms with Gasteiger partial charge in [-0.3, -0.25) is 0 Å². The molecule has 1 nitrogen and oxygen atoms in total. The molecule has 2 bridgehead atoms. The molecule has 4 rings (SSSR count). The second kappa shape index (κ2) is 3.88. The molecule has 0 heterocycles. The van der Waals surface area contributed by atoms with E-state index < -0.39 is 0 Å². The summed E-state index contributed by atoms with van der Waals surface area (Å²) in [6.45, 7) is 2.13. The van der Waals surface area contributed by atoms with Crippen molar-refractivity contribution in [3.63, 3.8) is 0 Å². The number of aryl methyl sites for hydroxylation is 1. The Labute approximate surface area is 109 Å². The third kappa shape index (κ3) is 1.53. The van der Waals surface area contributed by atoms with E-state index in [1.54, 1.807) is 0 Å². The van der Waals surface area contributed by atoms with Gasteiger partial charge in [-0.2, -0.15) is 0 Å². The van der Waals surface area contributed by atoms with E-state index >= 15 is 0 Å². The van der Waals surface area contributed by atoms with Gasteiger partial charge >= 0.3 is 0 Å². The summed E-state index contributed by atoms with van der Waals surface area (Å²) in [5.41, 5.74) is 1.29. The highest BCUT2D eigenvalue weighted by atomic mass is 16.5. The molecule has 3 aliphatic carbocycles. The van der Waals surface area contributed by atoms with Gasteiger partial charge in [-0.15, -0.1) is 0 Å². The molecule has 0 N–H and O–H groups in total. The molecule has 0 amide bonds. The summed E-state index contributed by atoms with van der Waals surface area (Å²) >= 11 is 0. The van der Waals surface area contributed by atoms with Gasteiger partial charge in [-0.25, -0.2) is 0 Å². The minimum atomic E-state index is 0.455. The van der Waals surface area contributed by atoms with Crippen LogP contribution in [0.15, 0.2) is 36.4 Å². The van der Waals surface area contributed by atoms with Crippen molar-refractivity contribution in [2.45, 2.75) is 32.3 Å². The molecule has 0 spiro atoms. The maximum absolute atomic E-state index is 6.29. The summed E-state index contributed by atoms with van der Waals surface area (Å²) in [4.78, 5) is 0. The van der Waals surface area contributed by atoms with Crippen molar-refractivity contribution in [1.29, 1.82) is 0 Å². The lowest BCUT2D eigenvalue weighted by atomic mass is 9.85. The Morgan fingerprint density at radius 3 is 2.89 bits per heavy atom. The van der Waals surface area contributed by atoms with E-state index in [1.165, 1.54) is 24.8 Å². The molecule has 0 unspecified atom stereocenters. The predicted octanol–water partition coefficient (Wildman–Crippen LogP) is 3.97. The second-order valence-electron chi connectivity index (χ2n) is 6.24. The molecule has 5 atom stereocenters. The lowest BCUT2D eigenvalue weighted by Crippen LogP contribution is -2.28. The summed E-state index contributed by atoms with van der Waals surface area (Å²) in [5.74, 6) is 4.44. The van der Waals surface area contributed by atoms with Crippen LogP contribution in [0.3, 0.4) is 0 Å². The Morgan fingerprint density at radius 2 is 2.00 bits per heavy atom. The number of fused-ring (bicyclic) bond motifs is 5. The first-order valence-electron chi connectivity index (χ1n) is 7.23. The number of ether oxygens (including phenoxy) is 1. The van der Waals surface area contributed by atoms with Crippen molar-refractivity contribution in [2.24, 2.45) is 23.7 Å². The zero-order valence-corrected chi connectivity index (χ0v) is 10.9. The SMILES string of the molecule is Cc1cccc(O[C@H]2CC[C@H]3[C@@H]2[C@H]2C=C[C@@H]3C2)c1. The van der Waals surface area contributed by atoms with Gasteiger partial charge in [0.25, 0.3) is 0 Å². The molecule has 0 aliphatic heterocycles. The largest absolute Gasteiger partial charge is 0.490 e. The molecular formula is C17H20O. The van der Waals surface area contributed by atoms with Crippen molar-refractivity contribution in [3.8, 4) is 5.75 Å². The Balaban J connectivity index is 1.55. The quantitative estimate of drug-likeness (QED) is 0.711. The van der Waals surface area contributed by atoms with Crippen molar-refractivity contribution in [1.82, 2.24) is 0 Å². The van der Waals surface area contributed by atoms with E-state index in [-0.39, 0.29) is 0 Å². The summed E-state index contributed by atoms with van der Waals surface area (Å²) in [6, 6.07) is 8.49. The summed E-state index contributed by atoms with van der Waals surface area (Å²) in [6.07, 6.45) is 9.37. The summed E-state index contributed by atoms with van der Waals surface area (Å²) in [5, 5.41) is 0. The van der Waals surface area contributed by atoms with Gasteiger partial charge in [-0.1, -0.05) is 24.3 Å². The van der Waals surface area contributed by atoms with E-state index in [4.69, 9.17) is 4.74 Å². The van der Waals surface area contributed by atoms with Crippen molar-refractivity contribution < 1.29 is 4.74 Å². The van der Waals surface area contributed by atoms with Gasteiger partial charge in [0.1, 0.15) is 11.9 Å². The molecular weight excluding hydrogens is 220 g/mol. The number of hydrogen-bond donors (Lipinski definition) is 0. The molecule has 3 aliphatic rings. The van der Waals surface area contributed by atoms with Gasteiger partial charge < -0.3 is 4.74 Å². The van der Waals surface area contributed by atoms with Crippen LogP contribution in [0.25, 0.3) is 0 Å². The van der Waals surface area contributed by atoms with Gasteiger partial charge in [0.15, 0.2) is 0 Å². The topological polar surface area (TPSA) is 9.23 Å². The lowest BCUT2D eigenvalue weighted by Gasteiger charge is -2.26. The first kappa shape index (κ1) is 10.7. The highest BCUT2D eigenvalue weighted by Crippen LogP contribution is 2.56. The Morgan fingerprint density at radius 1 is 1.11 bits per heavy atom. The van der Waals surface area contributed by atoms with Crippen LogP contribution in [0.2, 0.25) is 0 Å². The standard InChI is InChI=1S/C17H20O/c1-11-3-2-4-14(9-11)18-16-8-7-15-12-5-6-13(10-12)17(15)16/h2-6,9,12-13,15-17H,7-8,10H2,1H3/t12-,13+,15-,16+,17+/m1/s1. The summed E-state index contributed by atoms with van der Waals surface area (Å²) in [7, 11) is 0. The van der Waals surface area contributed by atoms with Gasteiger partial charge in [-0.05, 0) is 61.6 Å². The highest BCUT2D eigenvalue weighted by Gasteiger charge is 2.52. The smallest absolute Gasteiger partial charge is 0.119 e. The average molecular weight is 240 g/mol. The number of benzene rings is 1. The highest BCUT2D eigenvalue weighted by molar-refractivity contribution is 5.28. The fourth-order valence-electron chi connectivity index (χ4n) is 4.47. The molecule has 0 saturated heterocycles. The Bertz CT molecular complexity index is 490. The maximum atomic E-state index is 6.29. The van der Waals surface area contributed by atoms with Crippen LogP contribution in [-0.2, 0) is 0 Å². The second-order valence-corrected chi connectivity index (χ2v) is 6.24. The van der Waals surface area contributed by atoms with E-state index in [9.17, 15) is 0 Å². The van der Waals surface area contributed by atoms with E-state index in [0.717, 1.165) is 29.4 Å². The van der Waals surface area contributed by atoms with E-state index in [1.807, 2.05) is 0 Å². The van der Waals surface area contributed by atoms with Crippen LogP contribution in [0, 0.1) is 30.6 Å². The van der Waals surface area contributed by atoms with Gasteiger partial charge in [0.05, 0.1) is 0 Å². The predicted molar refractivity (Wildman–Crippen MR) is 72.5 cm³/mol. The summed E-state index contributed by atoms with van der Waals surface area (Å²) < 4.78 is 6.29. The Kier molecular flexibility index (Phi) is 2.30. The van der Waals surface area contributed by atoms with Crippen LogP contribution in [0.1, 0.15) is 24.8 Å². The fourth-order valence-corrected chi connectivity index (χ4v) is 4.47. The van der Waals surface area contributed by atoms with Crippen molar-refractivity contribution >= 4 is 0 Å². The monoisotopic (exact) mass is 240 g/mol. The van der Waals surface area contributed by atoms with E-state index in [0.29, 0.717) is 6.10 Å². The number of hydrogen-bond acceptors (Lipinski definition) is 1. The third-order valence-electron chi connectivity index (χ3n) is 5.18. The van der Waals surface area contributed by atoms with Crippen LogP contribution in [0.4, 0.5) is 0 Å². The molecule has 0 radical (unpaired) electrons. The lowest BCUT2D eigenvalue weighted by molar-refractivity contribution is 0.131. The normalized spacial score (nSPS) is 40.2. The van der Waals surface area contributed by atoms with Crippen LogP contribution < -0.4 is 4.74 Å². The Hall–Kier alpha value is -1.24. The molecule has 0 aromatic heterocycles. The van der Waals surface area contributed by atoms with Gasteiger partial charge in [0, 0.05) is 5.92 Å². The van der Waals surface area contributed by atoms with E-state index in [2.05, 4.69) is 43.3 Å². The average Bonchev–Trinajstić information content (AvgIpc) is 3.02. The maximum Gasteiger partial charge on any atom is 0.119 e. The van der Waals surface area contributed by atoms with Crippen molar-refractivity contribution in [2.75, 3.05) is 0 Å². The molecule has 18 heavy (non-hydrogen) atoms. The fraction of sp³-hybridized carbons (Fsp3) is 0.529. The van der Waals surface area contributed by atoms with Gasteiger partial charge in [0.2, 0.25) is 0 Å². The molecule has 1 aromatic rings. The molecule has 1 heteroatoms. The molecule has 2 fully saturated rings.